The van der Waals surface area contributed by atoms with Crippen molar-refractivity contribution in [2.24, 2.45) is 0 Å². The average molecular weight is 255 g/mol. The van der Waals surface area contributed by atoms with Gasteiger partial charge in [0.2, 0.25) is 0 Å². The Labute approximate surface area is 109 Å². The highest BCUT2D eigenvalue weighted by molar-refractivity contribution is 5.79. The number of carbonyl (C=O) groups excluding carboxylic acids is 1. The summed E-state index contributed by atoms with van der Waals surface area (Å²) in [6, 6.07) is 10.8. The van der Waals surface area contributed by atoms with Gasteiger partial charge in [-0.2, -0.15) is 5.26 Å². The van der Waals surface area contributed by atoms with Crippen molar-refractivity contribution in [3.05, 3.63) is 58.9 Å². The van der Waals surface area contributed by atoms with E-state index in [0.29, 0.717) is 11.8 Å². The second-order valence-corrected chi connectivity index (χ2v) is 4.02. The third-order valence-corrected chi connectivity index (χ3v) is 2.57. The van der Waals surface area contributed by atoms with Crippen molar-refractivity contribution in [1.29, 1.82) is 5.26 Å². The summed E-state index contributed by atoms with van der Waals surface area (Å²) in [6.45, 7) is 1.85. The number of rotatable bonds is 3. The first-order valence-corrected chi connectivity index (χ1v) is 5.57. The zero-order valence-electron chi connectivity index (χ0n) is 10.2. The molecule has 0 N–H and O–H groups in total. The van der Waals surface area contributed by atoms with Crippen LogP contribution in [0, 0.1) is 24.1 Å². The fraction of sp³-hybridized carbons (Fsp3) is 0.0667. The summed E-state index contributed by atoms with van der Waals surface area (Å²) < 4.78 is 19.0. The topological polar surface area (TPSA) is 50.1 Å². The number of ether oxygens (including phenoxy) is 1. The molecule has 0 aliphatic heterocycles. The molecule has 0 spiro atoms. The molecule has 0 fully saturated rings. The van der Waals surface area contributed by atoms with E-state index in [4.69, 9.17) is 10.00 Å². The Balaban J connectivity index is 2.36. The van der Waals surface area contributed by atoms with E-state index in [1.807, 2.05) is 13.0 Å². The average Bonchev–Trinajstić information content (AvgIpc) is 2.42. The Morgan fingerprint density at radius 1 is 1.21 bits per heavy atom. The lowest BCUT2D eigenvalue weighted by Crippen LogP contribution is -1.94. The number of carbonyl (C=O) groups is 1. The van der Waals surface area contributed by atoms with E-state index in [9.17, 15) is 9.18 Å². The standard InChI is InChI=1S/C15H10FNO2/c1-10-2-4-14(12(6-10)9-18)19-15-5-3-11(8-17)7-13(15)16/h2-7,9H,1H3. The lowest BCUT2D eigenvalue weighted by atomic mass is 10.1. The van der Waals surface area contributed by atoms with Crippen LogP contribution in [0.4, 0.5) is 4.39 Å². The third-order valence-electron chi connectivity index (χ3n) is 2.57. The number of halogens is 1. The summed E-state index contributed by atoms with van der Waals surface area (Å²) in [4.78, 5) is 10.9. The molecule has 4 heteroatoms. The molecule has 3 nitrogen and oxygen atoms in total. The van der Waals surface area contributed by atoms with Crippen LogP contribution in [0.25, 0.3) is 0 Å². The Kier molecular flexibility index (Phi) is 3.58. The summed E-state index contributed by atoms with van der Waals surface area (Å²) >= 11 is 0. The SMILES string of the molecule is Cc1ccc(Oc2ccc(C#N)cc2F)c(C=O)c1. The van der Waals surface area contributed by atoms with Gasteiger partial charge in [0.25, 0.3) is 0 Å². The molecule has 94 valence electrons. The molecule has 0 saturated heterocycles. The van der Waals surface area contributed by atoms with Gasteiger partial charge in [-0.15, -0.1) is 0 Å². The number of hydrogen-bond donors (Lipinski definition) is 0. The van der Waals surface area contributed by atoms with Crippen LogP contribution in [-0.4, -0.2) is 6.29 Å². The molecule has 0 bridgehead atoms. The van der Waals surface area contributed by atoms with Crippen LogP contribution < -0.4 is 4.74 Å². The molecule has 0 saturated carbocycles. The van der Waals surface area contributed by atoms with Gasteiger partial charge in [0, 0.05) is 0 Å². The first-order valence-electron chi connectivity index (χ1n) is 5.57. The quantitative estimate of drug-likeness (QED) is 0.787. The molecular weight excluding hydrogens is 245 g/mol. The van der Waals surface area contributed by atoms with Crippen molar-refractivity contribution in [2.45, 2.75) is 6.92 Å². The van der Waals surface area contributed by atoms with Crippen LogP contribution in [0.1, 0.15) is 21.5 Å². The van der Waals surface area contributed by atoms with Gasteiger partial charge in [-0.05, 0) is 37.3 Å². The maximum atomic E-state index is 13.7. The van der Waals surface area contributed by atoms with Gasteiger partial charge in [-0.1, -0.05) is 11.6 Å². The summed E-state index contributed by atoms with van der Waals surface area (Å²) in [5.41, 5.74) is 1.47. The Hall–Kier alpha value is -2.67. The molecule has 2 rings (SSSR count). The van der Waals surface area contributed by atoms with Gasteiger partial charge in [0.05, 0.1) is 17.2 Å². The van der Waals surface area contributed by atoms with E-state index >= 15 is 0 Å². The van der Waals surface area contributed by atoms with Crippen molar-refractivity contribution in [3.63, 3.8) is 0 Å². The number of hydrogen-bond acceptors (Lipinski definition) is 3. The summed E-state index contributed by atoms with van der Waals surface area (Å²) in [7, 11) is 0. The van der Waals surface area contributed by atoms with Gasteiger partial charge in [0.15, 0.2) is 17.9 Å². The van der Waals surface area contributed by atoms with Crippen LogP contribution in [0.2, 0.25) is 0 Å². The lowest BCUT2D eigenvalue weighted by molar-refractivity contribution is 0.112. The normalized spacial score (nSPS) is 9.74. The van der Waals surface area contributed by atoms with E-state index in [2.05, 4.69) is 0 Å². The van der Waals surface area contributed by atoms with Crippen LogP contribution in [0.3, 0.4) is 0 Å². The maximum Gasteiger partial charge on any atom is 0.167 e. The molecule has 0 unspecified atom stereocenters. The van der Waals surface area contributed by atoms with Crippen molar-refractivity contribution in [1.82, 2.24) is 0 Å². The molecule has 2 aromatic carbocycles. The Bertz CT molecular complexity index is 674. The minimum absolute atomic E-state index is 0.0223. The lowest BCUT2D eigenvalue weighted by Gasteiger charge is -2.09. The fourth-order valence-electron chi connectivity index (χ4n) is 1.62. The van der Waals surface area contributed by atoms with Crippen LogP contribution in [0.5, 0.6) is 11.5 Å². The monoisotopic (exact) mass is 255 g/mol. The molecular formula is C15H10FNO2. The highest BCUT2D eigenvalue weighted by atomic mass is 19.1. The number of nitriles is 1. The van der Waals surface area contributed by atoms with Crippen LogP contribution in [0.15, 0.2) is 36.4 Å². The van der Waals surface area contributed by atoms with Gasteiger partial charge in [0.1, 0.15) is 5.75 Å². The number of nitrogens with zero attached hydrogens (tertiary/aromatic N) is 1. The second kappa shape index (κ2) is 5.32. The van der Waals surface area contributed by atoms with Gasteiger partial charge < -0.3 is 4.74 Å². The zero-order valence-corrected chi connectivity index (χ0v) is 10.2. The minimum Gasteiger partial charge on any atom is -0.454 e. The second-order valence-electron chi connectivity index (χ2n) is 4.02. The highest BCUT2D eigenvalue weighted by Gasteiger charge is 2.09. The molecule has 2 aromatic rings. The number of benzene rings is 2. The van der Waals surface area contributed by atoms with Crippen molar-refractivity contribution >= 4 is 6.29 Å². The highest BCUT2D eigenvalue weighted by Crippen LogP contribution is 2.27. The van der Waals surface area contributed by atoms with Gasteiger partial charge >= 0.3 is 0 Å². The largest absolute Gasteiger partial charge is 0.454 e. The predicted octanol–water partition coefficient (Wildman–Crippen LogP) is 3.61. The number of aryl methyl sites for hydroxylation is 1. The first kappa shape index (κ1) is 12.8. The fourth-order valence-corrected chi connectivity index (χ4v) is 1.62. The Morgan fingerprint density at radius 2 is 1.95 bits per heavy atom. The van der Waals surface area contributed by atoms with Crippen LogP contribution >= 0.6 is 0 Å². The third kappa shape index (κ3) is 2.78. The summed E-state index contributed by atoms with van der Waals surface area (Å²) in [6.07, 6.45) is 0.657. The molecule has 0 atom stereocenters. The van der Waals surface area contributed by atoms with Crippen molar-refractivity contribution in [3.8, 4) is 17.6 Å². The summed E-state index contributed by atoms with van der Waals surface area (Å²) in [5, 5.41) is 8.65. The van der Waals surface area contributed by atoms with E-state index in [-0.39, 0.29) is 17.1 Å². The summed E-state index contributed by atoms with van der Waals surface area (Å²) in [5.74, 6) is -0.383. The molecule has 0 aromatic heterocycles. The molecule has 0 radical (unpaired) electrons. The predicted molar refractivity (Wildman–Crippen MR) is 67.8 cm³/mol. The van der Waals surface area contributed by atoms with Gasteiger partial charge in [-0.25, -0.2) is 4.39 Å². The minimum atomic E-state index is -0.642. The van der Waals surface area contributed by atoms with Crippen molar-refractivity contribution < 1.29 is 13.9 Å². The smallest absolute Gasteiger partial charge is 0.167 e. The molecule has 19 heavy (non-hydrogen) atoms. The Morgan fingerprint density at radius 3 is 2.58 bits per heavy atom. The van der Waals surface area contributed by atoms with E-state index in [0.717, 1.165) is 11.6 Å². The molecule has 0 aliphatic carbocycles. The van der Waals surface area contributed by atoms with Crippen LogP contribution in [-0.2, 0) is 0 Å². The number of aldehydes is 1. The molecule has 0 aliphatic rings. The van der Waals surface area contributed by atoms with E-state index < -0.39 is 5.82 Å². The maximum absolute atomic E-state index is 13.7. The van der Waals surface area contributed by atoms with E-state index in [1.165, 1.54) is 12.1 Å². The van der Waals surface area contributed by atoms with E-state index in [1.54, 1.807) is 18.2 Å². The first-order chi connectivity index (χ1) is 9.13. The molecule has 0 amide bonds. The van der Waals surface area contributed by atoms with Gasteiger partial charge in [-0.3, -0.25) is 4.79 Å². The zero-order chi connectivity index (χ0) is 13.8. The van der Waals surface area contributed by atoms with Crippen molar-refractivity contribution in [2.75, 3.05) is 0 Å². The molecule has 0 heterocycles.